The van der Waals surface area contributed by atoms with Crippen molar-refractivity contribution in [3.63, 3.8) is 0 Å². The molecule has 0 saturated heterocycles. The molecule has 0 radical (unpaired) electrons. The lowest BCUT2D eigenvalue weighted by molar-refractivity contribution is -0.116. The Kier molecular flexibility index (Phi) is 7.39. The Morgan fingerprint density at radius 1 is 1.38 bits per heavy atom. The zero-order chi connectivity index (χ0) is 19.3. The van der Waals surface area contributed by atoms with Gasteiger partial charge in [-0.25, -0.2) is 13.4 Å². The zero-order valence-electron chi connectivity index (χ0n) is 14.0. The minimum Gasteiger partial charge on any atom is -0.383 e. The molecule has 0 atom stereocenters. The van der Waals surface area contributed by atoms with Crippen molar-refractivity contribution >= 4 is 55.6 Å². The van der Waals surface area contributed by atoms with Crippen LogP contribution in [0.5, 0.6) is 0 Å². The van der Waals surface area contributed by atoms with Crippen molar-refractivity contribution < 1.29 is 17.9 Å². The first kappa shape index (κ1) is 21.1. The molecular weight excluding hydrogens is 421 g/mol. The van der Waals surface area contributed by atoms with Crippen molar-refractivity contribution in [1.82, 2.24) is 9.29 Å². The lowest BCUT2D eigenvalue weighted by Crippen LogP contribution is -2.40. The van der Waals surface area contributed by atoms with Crippen molar-refractivity contribution in [3.8, 4) is 0 Å². The van der Waals surface area contributed by atoms with Gasteiger partial charge in [-0.05, 0) is 25.1 Å². The summed E-state index contributed by atoms with van der Waals surface area (Å²) < 4.78 is 31.8. The highest BCUT2D eigenvalue weighted by molar-refractivity contribution is 7.89. The normalized spacial score (nSPS) is 11.7. The number of methoxy groups -OCH3 is 1. The zero-order valence-corrected chi connectivity index (χ0v) is 17.2. The van der Waals surface area contributed by atoms with E-state index in [1.807, 2.05) is 0 Å². The number of aromatic nitrogens is 1. The smallest absolute Gasteiger partial charge is 0.245 e. The first-order chi connectivity index (χ1) is 12.2. The van der Waals surface area contributed by atoms with Crippen LogP contribution in [0.25, 0.3) is 0 Å². The fourth-order valence-corrected chi connectivity index (χ4v) is 4.84. The number of carbonyl (C=O) groups excluding carboxylic acids is 1. The van der Waals surface area contributed by atoms with Crippen LogP contribution in [0.4, 0.5) is 5.13 Å². The van der Waals surface area contributed by atoms with Crippen LogP contribution in [0.3, 0.4) is 0 Å². The van der Waals surface area contributed by atoms with Crippen LogP contribution in [0.1, 0.15) is 5.69 Å². The number of ether oxygens (including phenoxy) is 1. The molecule has 0 aliphatic heterocycles. The molecule has 0 spiro atoms. The van der Waals surface area contributed by atoms with Crippen molar-refractivity contribution in [3.05, 3.63) is 39.3 Å². The maximum absolute atomic E-state index is 12.9. The molecule has 0 unspecified atom stereocenters. The average Bonchev–Trinajstić information content (AvgIpc) is 2.98. The Morgan fingerprint density at radius 3 is 2.73 bits per heavy atom. The highest BCUT2D eigenvalue weighted by Gasteiger charge is 2.29. The van der Waals surface area contributed by atoms with Crippen LogP contribution in [0.2, 0.25) is 10.0 Å². The molecule has 1 aromatic carbocycles. The lowest BCUT2D eigenvalue weighted by atomic mass is 10.4. The fourth-order valence-electron chi connectivity index (χ4n) is 2.02. The van der Waals surface area contributed by atoms with Gasteiger partial charge >= 0.3 is 0 Å². The van der Waals surface area contributed by atoms with Gasteiger partial charge in [0.05, 0.1) is 23.9 Å². The first-order valence-corrected chi connectivity index (χ1v) is 10.5. The molecule has 142 valence electrons. The summed E-state index contributed by atoms with van der Waals surface area (Å²) in [5.41, 5.74) is 0.764. The van der Waals surface area contributed by atoms with E-state index < -0.39 is 22.5 Å². The molecule has 2 rings (SSSR count). The quantitative estimate of drug-likeness (QED) is 0.685. The second-order valence-electron chi connectivity index (χ2n) is 5.25. The summed E-state index contributed by atoms with van der Waals surface area (Å²) in [5, 5.41) is 5.01. The first-order valence-electron chi connectivity index (χ1n) is 7.40. The third-order valence-corrected chi connectivity index (χ3v) is 6.68. The second-order valence-corrected chi connectivity index (χ2v) is 8.86. The van der Waals surface area contributed by atoms with Gasteiger partial charge in [-0.3, -0.25) is 4.79 Å². The number of aryl methyl sites for hydroxylation is 1. The minimum atomic E-state index is -4.05. The Morgan fingerprint density at radius 2 is 2.12 bits per heavy atom. The van der Waals surface area contributed by atoms with Crippen molar-refractivity contribution in [1.29, 1.82) is 0 Å². The van der Waals surface area contributed by atoms with Gasteiger partial charge in [0, 0.05) is 24.1 Å². The largest absolute Gasteiger partial charge is 0.383 e. The molecule has 26 heavy (non-hydrogen) atoms. The van der Waals surface area contributed by atoms with Gasteiger partial charge in [0.2, 0.25) is 15.9 Å². The molecule has 0 aliphatic rings. The van der Waals surface area contributed by atoms with Gasteiger partial charge in [0.25, 0.3) is 0 Å². The summed E-state index contributed by atoms with van der Waals surface area (Å²) >= 11 is 13.2. The van der Waals surface area contributed by atoms with Crippen LogP contribution in [0, 0.1) is 6.92 Å². The van der Waals surface area contributed by atoms with Crippen molar-refractivity contribution in [2.75, 3.05) is 32.1 Å². The van der Waals surface area contributed by atoms with Crippen molar-refractivity contribution in [2.24, 2.45) is 0 Å². The number of hydrogen-bond donors (Lipinski definition) is 1. The van der Waals surface area contributed by atoms with Crippen LogP contribution in [-0.2, 0) is 19.6 Å². The maximum atomic E-state index is 12.9. The van der Waals surface area contributed by atoms with E-state index in [2.05, 4.69) is 10.3 Å². The molecule has 2 aromatic rings. The van der Waals surface area contributed by atoms with Gasteiger partial charge < -0.3 is 10.1 Å². The molecule has 0 fully saturated rings. The van der Waals surface area contributed by atoms with E-state index in [9.17, 15) is 13.2 Å². The van der Waals surface area contributed by atoms with Crippen LogP contribution in [0.15, 0.2) is 28.5 Å². The van der Waals surface area contributed by atoms with Gasteiger partial charge in [-0.2, -0.15) is 4.31 Å². The average molecular weight is 438 g/mol. The fraction of sp³-hybridized carbons (Fsp3) is 0.333. The Bertz CT molecular complexity index is 887. The molecule has 0 aliphatic carbocycles. The molecular formula is C15H17Cl2N3O4S2. The molecule has 7 nitrogen and oxygen atoms in total. The predicted molar refractivity (Wildman–Crippen MR) is 103 cm³/mol. The molecule has 0 bridgehead atoms. The maximum Gasteiger partial charge on any atom is 0.245 e. The Balaban J connectivity index is 2.24. The minimum absolute atomic E-state index is 0.0211. The summed E-state index contributed by atoms with van der Waals surface area (Å²) in [7, 11) is -2.61. The molecule has 11 heteroatoms. The van der Waals surface area contributed by atoms with Gasteiger partial charge in [0.1, 0.15) is 4.90 Å². The number of hydrogen-bond acceptors (Lipinski definition) is 6. The highest BCUT2D eigenvalue weighted by Crippen LogP contribution is 2.27. The van der Waals surface area contributed by atoms with Crippen LogP contribution >= 0.6 is 34.5 Å². The number of benzene rings is 1. The van der Waals surface area contributed by atoms with Gasteiger partial charge in [-0.1, -0.05) is 23.2 Å². The SMILES string of the molecule is COCCN(CC(=O)Nc1nc(C)cs1)S(=O)(=O)c1cc(Cl)ccc1Cl. The van der Waals surface area contributed by atoms with Crippen LogP contribution in [-0.4, -0.2) is 50.4 Å². The Labute approximate surface area is 165 Å². The predicted octanol–water partition coefficient (Wildman–Crippen LogP) is 3.03. The van der Waals surface area contributed by atoms with E-state index in [1.165, 1.54) is 36.6 Å². The number of anilines is 1. The molecule has 1 aromatic heterocycles. The number of thiazole rings is 1. The summed E-state index contributed by atoms with van der Waals surface area (Å²) in [6.07, 6.45) is 0. The number of halogens is 2. The Hall–Kier alpha value is -1.23. The van der Waals surface area contributed by atoms with E-state index in [0.29, 0.717) is 5.13 Å². The monoisotopic (exact) mass is 437 g/mol. The molecule has 1 N–H and O–H groups in total. The summed E-state index contributed by atoms with van der Waals surface area (Å²) in [5.74, 6) is -0.517. The van der Waals surface area contributed by atoms with Crippen molar-refractivity contribution in [2.45, 2.75) is 11.8 Å². The highest BCUT2D eigenvalue weighted by atomic mass is 35.5. The third kappa shape index (κ3) is 5.38. The van der Waals surface area contributed by atoms with E-state index in [4.69, 9.17) is 27.9 Å². The van der Waals surface area contributed by atoms with E-state index in [1.54, 1.807) is 12.3 Å². The summed E-state index contributed by atoms with van der Waals surface area (Å²) in [4.78, 5) is 16.2. The molecule has 1 amide bonds. The van der Waals surface area contributed by atoms with E-state index in [-0.39, 0.29) is 28.1 Å². The lowest BCUT2D eigenvalue weighted by Gasteiger charge is -2.22. The second kappa shape index (κ2) is 9.12. The topological polar surface area (TPSA) is 88.6 Å². The number of nitrogens with one attached hydrogen (secondary N) is 1. The van der Waals surface area contributed by atoms with Gasteiger partial charge in [-0.15, -0.1) is 11.3 Å². The number of carbonyl (C=O) groups is 1. The van der Waals surface area contributed by atoms with Crippen LogP contribution < -0.4 is 5.32 Å². The van der Waals surface area contributed by atoms with Gasteiger partial charge in [0.15, 0.2) is 5.13 Å². The standard InChI is InChI=1S/C15H17Cl2N3O4S2/c1-10-9-25-15(18-10)19-14(21)8-20(5-6-24-2)26(22,23)13-7-11(16)3-4-12(13)17/h3-4,7,9H,5-6,8H2,1-2H3,(H,18,19,21). The number of nitrogens with zero attached hydrogens (tertiary/aromatic N) is 2. The molecule has 0 saturated carbocycles. The number of sulfonamides is 1. The number of amides is 1. The summed E-state index contributed by atoms with van der Waals surface area (Å²) in [6, 6.07) is 4.13. The molecule has 1 heterocycles. The van der Waals surface area contributed by atoms with E-state index >= 15 is 0 Å². The van der Waals surface area contributed by atoms with E-state index in [0.717, 1.165) is 10.00 Å². The number of rotatable bonds is 8. The summed E-state index contributed by atoms with van der Waals surface area (Å²) in [6.45, 7) is 1.48. The third-order valence-electron chi connectivity index (χ3n) is 3.24.